The van der Waals surface area contributed by atoms with Gasteiger partial charge in [-0.2, -0.15) is 0 Å². The van der Waals surface area contributed by atoms with Crippen LogP contribution in [0.15, 0.2) is 0 Å². The number of hydrogen-bond acceptors (Lipinski definition) is 1. The van der Waals surface area contributed by atoms with Gasteiger partial charge in [-0.15, -0.1) is 17.0 Å². The van der Waals surface area contributed by atoms with Gasteiger partial charge in [0.1, 0.15) is 0 Å². The zero-order valence-corrected chi connectivity index (χ0v) is 12.0. The first-order valence-corrected chi connectivity index (χ1v) is 5.77. The first-order chi connectivity index (χ1) is 5.98. The minimum atomic E-state index is 0. The summed E-state index contributed by atoms with van der Waals surface area (Å²) in [6.45, 7) is 8.78. The molecule has 1 unspecified atom stereocenters. The molecule has 0 aliphatic heterocycles. The maximum absolute atomic E-state index is 6.02. The molecule has 88 valence electrons. The Morgan fingerprint density at radius 1 is 1.07 bits per heavy atom. The molecular formula is C12H28BrN. The summed E-state index contributed by atoms with van der Waals surface area (Å²) >= 11 is 0. The van der Waals surface area contributed by atoms with Crippen LogP contribution in [-0.4, -0.2) is 5.54 Å². The number of unbranched alkanes of at least 4 members (excludes halogenated alkanes) is 4. The summed E-state index contributed by atoms with van der Waals surface area (Å²) in [6.07, 6.45) is 8.13. The third kappa shape index (κ3) is 9.01. The SMILES string of the molecule is Br.CCCCCCCC(C)C(C)(C)N. The molecule has 0 aromatic heterocycles. The predicted octanol–water partition coefficient (Wildman–Crippen LogP) is 4.30. The maximum atomic E-state index is 6.02. The molecule has 0 saturated carbocycles. The molecular weight excluding hydrogens is 238 g/mol. The maximum Gasteiger partial charge on any atom is 0.0123 e. The van der Waals surface area contributed by atoms with Crippen LogP contribution in [0.1, 0.15) is 66.2 Å². The van der Waals surface area contributed by atoms with E-state index in [1.807, 2.05) is 0 Å². The fraction of sp³-hybridized carbons (Fsp3) is 1.00. The second-order valence-corrected chi connectivity index (χ2v) is 4.93. The van der Waals surface area contributed by atoms with Crippen molar-refractivity contribution in [2.75, 3.05) is 0 Å². The van der Waals surface area contributed by atoms with E-state index < -0.39 is 0 Å². The summed E-state index contributed by atoms with van der Waals surface area (Å²) in [4.78, 5) is 0. The standard InChI is InChI=1S/C12H27N.BrH/c1-5-6-7-8-9-10-11(2)12(3,4)13;/h11H,5-10,13H2,1-4H3;1H. The highest BCUT2D eigenvalue weighted by molar-refractivity contribution is 8.93. The Balaban J connectivity index is 0. The van der Waals surface area contributed by atoms with Crippen LogP contribution in [0.5, 0.6) is 0 Å². The summed E-state index contributed by atoms with van der Waals surface area (Å²) in [5, 5.41) is 0. The average molecular weight is 266 g/mol. The van der Waals surface area contributed by atoms with E-state index in [0.29, 0.717) is 5.92 Å². The van der Waals surface area contributed by atoms with Crippen LogP contribution in [0.4, 0.5) is 0 Å². The third-order valence-corrected chi connectivity index (χ3v) is 3.01. The number of halogens is 1. The summed E-state index contributed by atoms with van der Waals surface area (Å²) in [7, 11) is 0. The molecule has 0 aliphatic rings. The second-order valence-electron chi connectivity index (χ2n) is 4.93. The van der Waals surface area contributed by atoms with Crippen molar-refractivity contribution in [3.05, 3.63) is 0 Å². The highest BCUT2D eigenvalue weighted by atomic mass is 79.9. The first-order valence-electron chi connectivity index (χ1n) is 5.77. The fourth-order valence-electron chi connectivity index (χ4n) is 1.43. The molecule has 0 aliphatic carbocycles. The molecule has 0 saturated heterocycles. The molecule has 0 bridgehead atoms. The largest absolute Gasteiger partial charge is 0.325 e. The van der Waals surface area contributed by atoms with Crippen molar-refractivity contribution in [1.29, 1.82) is 0 Å². The van der Waals surface area contributed by atoms with Crippen LogP contribution in [0.3, 0.4) is 0 Å². The molecule has 1 atom stereocenters. The second kappa shape index (κ2) is 8.72. The van der Waals surface area contributed by atoms with Crippen LogP contribution >= 0.6 is 17.0 Å². The topological polar surface area (TPSA) is 26.0 Å². The summed E-state index contributed by atoms with van der Waals surface area (Å²) < 4.78 is 0. The van der Waals surface area contributed by atoms with Crippen molar-refractivity contribution in [3.8, 4) is 0 Å². The van der Waals surface area contributed by atoms with Crippen molar-refractivity contribution >= 4 is 17.0 Å². The minimum Gasteiger partial charge on any atom is -0.325 e. The smallest absolute Gasteiger partial charge is 0.0123 e. The number of nitrogens with two attached hydrogens (primary N) is 1. The van der Waals surface area contributed by atoms with Gasteiger partial charge in [-0.1, -0.05) is 46.0 Å². The Hall–Kier alpha value is 0.440. The highest BCUT2D eigenvalue weighted by Gasteiger charge is 2.19. The van der Waals surface area contributed by atoms with E-state index in [9.17, 15) is 0 Å². The normalized spacial score (nSPS) is 13.5. The van der Waals surface area contributed by atoms with Gasteiger partial charge < -0.3 is 5.73 Å². The van der Waals surface area contributed by atoms with Crippen LogP contribution < -0.4 is 5.73 Å². The van der Waals surface area contributed by atoms with Crippen LogP contribution in [0.2, 0.25) is 0 Å². The molecule has 0 spiro atoms. The van der Waals surface area contributed by atoms with Gasteiger partial charge in [0.05, 0.1) is 0 Å². The predicted molar refractivity (Wildman–Crippen MR) is 71.1 cm³/mol. The Kier molecular flexibility index (Phi) is 10.5. The van der Waals surface area contributed by atoms with E-state index >= 15 is 0 Å². The zero-order chi connectivity index (χ0) is 10.3. The van der Waals surface area contributed by atoms with E-state index in [4.69, 9.17) is 5.73 Å². The molecule has 2 heteroatoms. The highest BCUT2D eigenvalue weighted by Crippen LogP contribution is 2.20. The molecule has 14 heavy (non-hydrogen) atoms. The Morgan fingerprint density at radius 3 is 2.00 bits per heavy atom. The van der Waals surface area contributed by atoms with Crippen molar-refractivity contribution in [3.63, 3.8) is 0 Å². The quantitative estimate of drug-likeness (QED) is 0.683. The van der Waals surface area contributed by atoms with E-state index in [0.717, 1.165) is 0 Å². The molecule has 0 fully saturated rings. The lowest BCUT2D eigenvalue weighted by Gasteiger charge is -2.27. The van der Waals surface area contributed by atoms with Gasteiger partial charge in [-0.25, -0.2) is 0 Å². The third-order valence-electron chi connectivity index (χ3n) is 3.01. The minimum absolute atomic E-state index is 0. The van der Waals surface area contributed by atoms with Crippen LogP contribution in [0.25, 0.3) is 0 Å². The van der Waals surface area contributed by atoms with Crippen molar-refractivity contribution < 1.29 is 0 Å². The molecule has 0 aromatic carbocycles. The van der Waals surface area contributed by atoms with Gasteiger partial charge in [0.15, 0.2) is 0 Å². The molecule has 0 rings (SSSR count). The van der Waals surface area contributed by atoms with E-state index in [2.05, 4.69) is 27.7 Å². The molecule has 1 nitrogen and oxygen atoms in total. The van der Waals surface area contributed by atoms with Gasteiger partial charge in [-0.05, 0) is 26.2 Å². The summed E-state index contributed by atoms with van der Waals surface area (Å²) in [6, 6.07) is 0. The lowest BCUT2D eigenvalue weighted by molar-refractivity contribution is 0.316. The van der Waals surface area contributed by atoms with Crippen LogP contribution in [-0.2, 0) is 0 Å². The van der Waals surface area contributed by atoms with E-state index in [-0.39, 0.29) is 22.5 Å². The van der Waals surface area contributed by atoms with Gasteiger partial charge in [-0.3, -0.25) is 0 Å². The summed E-state index contributed by atoms with van der Waals surface area (Å²) in [5.74, 6) is 0.647. The lowest BCUT2D eigenvalue weighted by atomic mass is 9.86. The zero-order valence-electron chi connectivity index (χ0n) is 10.3. The number of rotatable bonds is 7. The van der Waals surface area contributed by atoms with Gasteiger partial charge >= 0.3 is 0 Å². The van der Waals surface area contributed by atoms with E-state index in [1.54, 1.807) is 0 Å². The van der Waals surface area contributed by atoms with Crippen molar-refractivity contribution in [2.45, 2.75) is 71.8 Å². The Bertz CT molecular complexity index is 118. The molecule has 0 heterocycles. The average Bonchev–Trinajstić information content (AvgIpc) is 2.02. The monoisotopic (exact) mass is 265 g/mol. The van der Waals surface area contributed by atoms with Crippen molar-refractivity contribution in [1.82, 2.24) is 0 Å². The Labute approximate surface area is 101 Å². The number of hydrogen-bond donors (Lipinski definition) is 1. The lowest BCUT2D eigenvalue weighted by Crippen LogP contribution is -2.39. The molecule has 2 N–H and O–H groups in total. The van der Waals surface area contributed by atoms with Gasteiger partial charge in [0.2, 0.25) is 0 Å². The van der Waals surface area contributed by atoms with Gasteiger partial charge in [0, 0.05) is 5.54 Å². The van der Waals surface area contributed by atoms with Crippen molar-refractivity contribution in [2.24, 2.45) is 11.7 Å². The molecule has 0 amide bonds. The molecule has 0 radical (unpaired) electrons. The van der Waals surface area contributed by atoms with Crippen LogP contribution in [0, 0.1) is 5.92 Å². The van der Waals surface area contributed by atoms with Gasteiger partial charge in [0.25, 0.3) is 0 Å². The molecule has 0 aromatic rings. The first kappa shape index (κ1) is 16.9. The summed E-state index contributed by atoms with van der Waals surface area (Å²) in [5.41, 5.74) is 6.02. The fourth-order valence-corrected chi connectivity index (χ4v) is 1.43. The van der Waals surface area contributed by atoms with E-state index in [1.165, 1.54) is 38.5 Å². The Morgan fingerprint density at radius 2 is 1.57 bits per heavy atom.